The molecule has 0 aromatic rings. The van der Waals surface area contributed by atoms with E-state index in [1.807, 2.05) is 0 Å². The van der Waals surface area contributed by atoms with E-state index in [0.29, 0.717) is 13.2 Å². The predicted molar refractivity (Wildman–Crippen MR) is 53.0 cm³/mol. The molecule has 1 heterocycles. The van der Waals surface area contributed by atoms with Crippen molar-refractivity contribution >= 4 is 5.91 Å². The lowest BCUT2D eigenvalue weighted by Gasteiger charge is -2.22. The number of amides is 1. The van der Waals surface area contributed by atoms with Gasteiger partial charge in [-0.2, -0.15) is 0 Å². The summed E-state index contributed by atoms with van der Waals surface area (Å²) in [6.07, 6.45) is 0. The summed E-state index contributed by atoms with van der Waals surface area (Å²) in [7, 11) is 0. The second-order valence-corrected chi connectivity index (χ2v) is 4.18. The minimum absolute atomic E-state index is 0.00551. The summed E-state index contributed by atoms with van der Waals surface area (Å²) >= 11 is 0. The first-order valence-corrected chi connectivity index (χ1v) is 4.90. The number of carbonyl (C=O) groups excluding carboxylic acids is 1. The first kappa shape index (κ1) is 12.4. The number of ether oxygens (including phenoxy) is 1. The number of rotatable bonds is 4. The molecule has 0 aromatic carbocycles. The molecule has 0 aliphatic carbocycles. The van der Waals surface area contributed by atoms with Gasteiger partial charge in [-0.05, 0) is 6.92 Å². The number of aliphatic hydroxyl groups excluding tert-OH is 1. The zero-order valence-corrected chi connectivity index (χ0v) is 8.77. The van der Waals surface area contributed by atoms with Gasteiger partial charge in [0.2, 0.25) is 5.91 Å². The largest absolute Gasteiger partial charge is 0.393 e. The van der Waals surface area contributed by atoms with E-state index < -0.39 is 12.2 Å². The molecule has 88 valence electrons. The van der Waals surface area contributed by atoms with Crippen LogP contribution in [0.25, 0.3) is 0 Å². The Morgan fingerprint density at radius 1 is 1.67 bits per heavy atom. The SMILES string of the molecule is CC(O)(CO)CNC(=O)C1COCC1N. The molecule has 0 saturated carbocycles. The highest BCUT2D eigenvalue weighted by molar-refractivity contribution is 5.79. The average molecular weight is 218 g/mol. The Hall–Kier alpha value is -0.690. The highest BCUT2D eigenvalue weighted by Crippen LogP contribution is 2.11. The van der Waals surface area contributed by atoms with Crippen LogP contribution in [0.1, 0.15) is 6.92 Å². The number of nitrogens with two attached hydrogens (primary N) is 1. The van der Waals surface area contributed by atoms with Gasteiger partial charge < -0.3 is 26.0 Å². The lowest BCUT2D eigenvalue weighted by molar-refractivity contribution is -0.126. The third kappa shape index (κ3) is 3.42. The molecule has 1 aliphatic rings. The minimum atomic E-state index is -1.29. The van der Waals surface area contributed by atoms with Crippen LogP contribution in [-0.4, -0.2) is 54.1 Å². The van der Waals surface area contributed by atoms with Gasteiger partial charge >= 0.3 is 0 Å². The smallest absolute Gasteiger partial charge is 0.227 e. The van der Waals surface area contributed by atoms with Gasteiger partial charge in [0, 0.05) is 12.6 Å². The average Bonchev–Trinajstić information content (AvgIpc) is 2.61. The molecule has 1 fully saturated rings. The van der Waals surface area contributed by atoms with Crippen molar-refractivity contribution in [3.63, 3.8) is 0 Å². The van der Waals surface area contributed by atoms with E-state index in [4.69, 9.17) is 15.6 Å². The van der Waals surface area contributed by atoms with Crippen molar-refractivity contribution in [2.75, 3.05) is 26.4 Å². The topological polar surface area (TPSA) is 105 Å². The zero-order chi connectivity index (χ0) is 11.5. The van der Waals surface area contributed by atoms with Crippen LogP contribution in [-0.2, 0) is 9.53 Å². The molecule has 3 atom stereocenters. The van der Waals surface area contributed by atoms with Crippen LogP contribution >= 0.6 is 0 Å². The lowest BCUT2D eigenvalue weighted by atomic mass is 10.0. The summed E-state index contributed by atoms with van der Waals surface area (Å²) in [5, 5.41) is 20.8. The number of carbonyl (C=O) groups is 1. The van der Waals surface area contributed by atoms with Crippen LogP contribution in [0.15, 0.2) is 0 Å². The van der Waals surface area contributed by atoms with Crippen molar-refractivity contribution in [1.82, 2.24) is 5.32 Å². The maximum atomic E-state index is 11.6. The first-order chi connectivity index (χ1) is 6.96. The van der Waals surface area contributed by atoms with Crippen LogP contribution in [0.3, 0.4) is 0 Å². The van der Waals surface area contributed by atoms with E-state index in [-0.39, 0.29) is 24.4 Å². The Kier molecular flexibility index (Phi) is 4.04. The molecule has 1 amide bonds. The summed E-state index contributed by atoms with van der Waals surface area (Å²) in [5.41, 5.74) is 4.36. The first-order valence-electron chi connectivity index (χ1n) is 4.90. The summed E-state index contributed by atoms with van der Waals surface area (Å²) < 4.78 is 5.05. The molecule has 1 aliphatic heterocycles. The van der Waals surface area contributed by atoms with Crippen molar-refractivity contribution in [3.8, 4) is 0 Å². The number of hydrogen-bond donors (Lipinski definition) is 4. The van der Waals surface area contributed by atoms with Crippen LogP contribution < -0.4 is 11.1 Å². The standard InChI is InChI=1S/C9H18N2O4/c1-9(14,5-12)4-11-8(13)6-2-15-3-7(6)10/h6-7,12,14H,2-5,10H2,1H3,(H,11,13). The van der Waals surface area contributed by atoms with Crippen LogP contribution in [0.4, 0.5) is 0 Å². The molecule has 15 heavy (non-hydrogen) atoms. The molecule has 1 saturated heterocycles. The van der Waals surface area contributed by atoms with E-state index in [1.165, 1.54) is 6.92 Å². The van der Waals surface area contributed by atoms with Crippen molar-refractivity contribution in [3.05, 3.63) is 0 Å². The monoisotopic (exact) mass is 218 g/mol. The van der Waals surface area contributed by atoms with Gasteiger partial charge in [0.1, 0.15) is 5.60 Å². The van der Waals surface area contributed by atoms with Crippen molar-refractivity contribution in [2.24, 2.45) is 11.7 Å². The summed E-state index contributed by atoms with van der Waals surface area (Å²) in [5.74, 6) is -0.604. The van der Waals surface area contributed by atoms with Crippen molar-refractivity contribution in [1.29, 1.82) is 0 Å². The molecule has 6 nitrogen and oxygen atoms in total. The zero-order valence-electron chi connectivity index (χ0n) is 8.77. The Morgan fingerprint density at radius 2 is 2.33 bits per heavy atom. The fourth-order valence-electron chi connectivity index (χ4n) is 1.31. The molecule has 0 aromatic heterocycles. The van der Waals surface area contributed by atoms with E-state index in [0.717, 1.165) is 0 Å². The van der Waals surface area contributed by atoms with E-state index >= 15 is 0 Å². The minimum Gasteiger partial charge on any atom is -0.393 e. The van der Waals surface area contributed by atoms with E-state index in [9.17, 15) is 9.90 Å². The van der Waals surface area contributed by atoms with Crippen LogP contribution in [0, 0.1) is 5.92 Å². The van der Waals surface area contributed by atoms with Gasteiger partial charge in [-0.25, -0.2) is 0 Å². The normalized spacial score (nSPS) is 29.9. The third-order valence-corrected chi connectivity index (χ3v) is 2.45. The quantitative estimate of drug-likeness (QED) is 0.429. The maximum Gasteiger partial charge on any atom is 0.227 e. The molecule has 0 radical (unpaired) electrons. The Bertz CT molecular complexity index is 232. The molecule has 3 unspecified atom stereocenters. The highest BCUT2D eigenvalue weighted by atomic mass is 16.5. The Labute approximate surface area is 88.4 Å². The van der Waals surface area contributed by atoms with E-state index in [2.05, 4.69) is 5.32 Å². The molecular weight excluding hydrogens is 200 g/mol. The Balaban J connectivity index is 2.36. The maximum absolute atomic E-state index is 11.6. The van der Waals surface area contributed by atoms with Gasteiger partial charge in [0.05, 0.1) is 25.7 Å². The highest BCUT2D eigenvalue weighted by Gasteiger charge is 2.32. The summed E-state index contributed by atoms with van der Waals surface area (Å²) in [6.45, 7) is 1.74. The van der Waals surface area contributed by atoms with Gasteiger partial charge in [-0.3, -0.25) is 4.79 Å². The van der Waals surface area contributed by atoms with Gasteiger partial charge in [-0.15, -0.1) is 0 Å². The fourth-order valence-corrected chi connectivity index (χ4v) is 1.31. The van der Waals surface area contributed by atoms with Crippen molar-refractivity contribution in [2.45, 2.75) is 18.6 Å². The molecule has 1 rings (SSSR count). The number of aliphatic hydroxyl groups is 2. The molecule has 0 bridgehead atoms. The molecule has 6 heteroatoms. The lowest BCUT2D eigenvalue weighted by Crippen LogP contribution is -2.48. The number of hydrogen-bond acceptors (Lipinski definition) is 5. The summed E-state index contributed by atoms with van der Waals surface area (Å²) in [6, 6.07) is -0.288. The van der Waals surface area contributed by atoms with Gasteiger partial charge in [0.25, 0.3) is 0 Å². The predicted octanol–water partition coefficient (Wildman–Crippen LogP) is -2.18. The second kappa shape index (κ2) is 4.89. The van der Waals surface area contributed by atoms with Gasteiger partial charge in [-0.1, -0.05) is 0 Å². The van der Waals surface area contributed by atoms with Gasteiger partial charge in [0.15, 0.2) is 0 Å². The molecular formula is C9H18N2O4. The molecule has 0 spiro atoms. The fraction of sp³-hybridized carbons (Fsp3) is 0.889. The van der Waals surface area contributed by atoms with Crippen molar-refractivity contribution < 1.29 is 19.7 Å². The van der Waals surface area contributed by atoms with Crippen LogP contribution in [0.2, 0.25) is 0 Å². The Morgan fingerprint density at radius 3 is 2.80 bits per heavy atom. The molecule has 5 N–H and O–H groups in total. The second-order valence-electron chi connectivity index (χ2n) is 4.18. The third-order valence-electron chi connectivity index (χ3n) is 2.45. The number of nitrogens with one attached hydrogen (secondary N) is 1. The van der Waals surface area contributed by atoms with Crippen LogP contribution in [0.5, 0.6) is 0 Å². The summed E-state index contributed by atoms with van der Waals surface area (Å²) in [4.78, 5) is 11.6. The van der Waals surface area contributed by atoms with E-state index in [1.54, 1.807) is 0 Å².